The Bertz CT molecular complexity index is 437. The number of aliphatic carboxylic acids is 1. The Kier molecular flexibility index (Phi) is 3.71. The first-order chi connectivity index (χ1) is 7.50. The molecular formula is C10H6F2NO3-. The molecule has 0 saturated carbocycles. The minimum absolute atomic E-state index is 0.452. The first-order valence-electron chi connectivity index (χ1n) is 4.15. The zero-order chi connectivity index (χ0) is 12.1. The van der Waals surface area contributed by atoms with Gasteiger partial charge in [0.2, 0.25) is 5.91 Å². The van der Waals surface area contributed by atoms with Gasteiger partial charge >= 0.3 is 0 Å². The van der Waals surface area contributed by atoms with E-state index in [1.54, 1.807) is 0 Å². The number of carboxylic acid groups (broad SMARTS) is 1. The van der Waals surface area contributed by atoms with Gasteiger partial charge in [-0.15, -0.1) is 0 Å². The smallest absolute Gasteiger partial charge is 0.248 e. The van der Waals surface area contributed by atoms with Crippen LogP contribution in [0, 0.1) is 11.6 Å². The highest BCUT2D eigenvalue weighted by molar-refractivity contribution is 6.02. The summed E-state index contributed by atoms with van der Waals surface area (Å²) in [6, 6.07) is 3.06. The molecule has 0 saturated heterocycles. The number of benzene rings is 1. The van der Waals surface area contributed by atoms with Gasteiger partial charge in [0, 0.05) is 6.08 Å². The second kappa shape index (κ2) is 5.01. The van der Waals surface area contributed by atoms with E-state index in [0.717, 1.165) is 18.2 Å². The molecule has 1 amide bonds. The SMILES string of the molecule is O=C([O-])/C=C/C(=O)Nc1c(F)cccc1F. The quantitative estimate of drug-likeness (QED) is 0.749. The lowest BCUT2D eigenvalue weighted by Gasteiger charge is -2.04. The Balaban J connectivity index is 2.81. The summed E-state index contributed by atoms with van der Waals surface area (Å²) in [5, 5.41) is 11.8. The van der Waals surface area contributed by atoms with Gasteiger partial charge in [-0.1, -0.05) is 6.07 Å². The average Bonchev–Trinajstić information content (AvgIpc) is 2.21. The lowest BCUT2D eigenvalue weighted by atomic mass is 10.3. The second-order valence-corrected chi connectivity index (χ2v) is 2.74. The summed E-state index contributed by atoms with van der Waals surface area (Å²) in [6.45, 7) is 0. The molecule has 1 aromatic carbocycles. The van der Waals surface area contributed by atoms with E-state index in [0.29, 0.717) is 12.2 Å². The van der Waals surface area contributed by atoms with Gasteiger partial charge in [-0.05, 0) is 18.2 Å². The van der Waals surface area contributed by atoms with Gasteiger partial charge in [-0.3, -0.25) is 4.79 Å². The maximum absolute atomic E-state index is 13.0. The van der Waals surface area contributed by atoms with Crippen LogP contribution in [0.5, 0.6) is 0 Å². The molecule has 6 heteroatoms. The molecule has 1 aromatic rings. The van der Waals surface area contributed by atoms with Crippen molar-refractivity contribution >= 4 is 17.6 Å². The number of amides is 1. The van der Waals surface area contributed by atoms with Crippen molar-refractivity contribution in [1.82, 2.24) is 0 Å². The highest BCUT2D eigenvalue weighted by atomic mass is 19.1. The van der Waals surface area contributed by atoms with Crippen molar-refractivity contribution in [2.45, 2.75) is 0 Å². The van der Waals surface area contributed by atoms with Crippen LogP contribution in [0.2, 0.25) is 0 Å². The fourth-order valence-electron chi connectivity index (χ4n) is 0.926. The summed E-state index contributed by atoms with van der Waals surface area (Å²) in [5.41, 5.74) is -0.629. The summed E-state index contributed by atoms with van der Waals surface area (Å²) < 4.78 is 26.0. The molecule has 0 aliphatic carbocycles. The van der Waals surface area contributed by atoms with Crippen molar-refractivity contribution in [2.24, 2.45) is 0 Å². The highest BCUT2D eigenvalue weighted by Gasteiger charge is 2.09. The second-order valence-electron chi connectivity index (χ2n) is 2.74. The molecule has 0 aromatic heterocycles. The Morgan fingerprint density at radius 3 is 2.25 bits per heavy atom. The molecule has 4 nitrogen and oxygen atoms in total. The summed E-state index contributed by atoms with van der Waals surface area (Å²) in [7, 11) is 0. The van der Waals surface area contributed by atoms with Gasteiger partial charge in [0.15, 0.2) is 0 Å². The lowest BCUT2D eigenvalue weighted by Crippen LogP contribution is -2.20. The summed E-state index contributed by atoms with van der Waals surface area (Å²) in [6.07, 6.45) is 1.05. The molecular weight excluding hydrogens is 220 g/mol. The van der Waals surface area contributed by atoms with Gasteiger partial charge < -0.3 is 15.2 Å². The van der Waals surface area contributed by atoms with E-state index in [9.17, 15) is 23.5 Å². The number of hydrogen-bond acceptors (Lipinski definition) is 3. The third kappa shape index (κ3) is 3.16. The topological polar surface area (TPSA) is 69.2 Å². The fraction of sp³-hybridized carbons (Fsp3) is 0. The number of halogens is 2. The predicted octanol–water partition coefficient (Wildman–Crippen LogP) is 0.209. The summed E-state index contributed by atoms with van der Waals surface area (Å²) in [5.74, 6) is -4.44. The maximum atomic E-state index is 13.0. The van der Waals surface area contributed by atoms with Crippen LogP contribution >= 0.6 is 0 Å². The predicted molar refractivity (Wildman–Crippen MR) is 49.1 cm³/mol. The molecule has 0 atom stereocenters. The summed E-state index contributed by atoms with van der Waals surface area (Å²) in [4.78, 5) is 21.0. The van der Waals surface area contributed by atoms with E-state index >= 15 is 0 Å². The van der Waals surface area contributed by atoms with Crippen LogP contribution in [-0.4, -0.2) is 11.9 Å². The number of carbonyl (C=O) groups is 2. The summed E-state index contributed by atoms with van der Waals surface area (Å²) >= 11 is 0. The lowest BCUT2D eigenvalue weighted by molar-refractivity contribution is -0.297. The van der Waals surface area contributed by atoms with E-state index in [1.165, 1.54) is 0 Å². The molecule has 0 radical (unpaired) electrons. The fourth-order valence-corrected chi connectivity index (χ4v) is 0.926. The number of hydrogen-bond donors (Lipinski definition) is 1. The van der Waals surface area contributed by atoms with Gasteiger partial charge in [0.05, 0.1) is 5.97 Å². The minimum Gasteiger partial charge on any atom is -0.545 e. The third-order valence-corrected chi connectivity index (χ3v) is 1.58. The molecule has 0 fully saturated rings. The Morgan fingerprint density at radius 2 is 1.75 bits per heavy atom. The number of rotatable bonds is 3. The van der Waals surface area contributed by atoms with Crippen molar-refractivity contribution in [3.05, 3.63) is 42.0 Å². The Hall–Kier alpha value is -2.24. The maximum Gasteiger partial charge on any atom is 0.248 e. The van der Waals surface area contributed by atoms with Gasteiger partial charge in [0.25, 0.3) is 0 Å². The minimum atomic E-state index is -1.58. The molecule has 1 rings (SSSR count). The van der Waals surface area contributed by atoms with E-state index < -0.39 is 29.2 Å². The van der Waals surface area contributed by atoms with E-state index in [1.807, 2.05) is 5.32 Å². The zero-order valence-corrected chi connectivity index (χ0v) is 7.87. The van der Waals surface area contributed by atoms with Crippen LogP contribution < -0.4 is 10.4 Å². The van der Waals surface area contributed by atoms with Gasteiger partial charge in [0.1, 0.15) is 17.3 Å². The number of carboxylic acids is 1. The Labute approximate surface area is 89.2 Å². The van der Waals surface area contributed by atoms with Crippen LogP contribution in [0.15, 0.2) is 30.4 Å². The standard InChI is InChI=1S/C10H7F2NO3/c11-6-2-1-3-7(12)10(6)13-8(14)4-5-9(15)16/h1-5H,(H,13,14)(H,15,16)/p-1/b5-4+. The van der Waals surface area contributed by atoms with Crippen LogP contribution in [0.3, 0.4) is 0 Å². The molecule has 0 aliphatic rings. The van der Waals surface area contributed by atoms with Crippen molar-refractivity contribution < 1.29 is 23.5 Å². The molecule has 0 spiro atoms. The van der Waals surface area contributed by atoms with Gasteiger partial charge in [-0.25, -0.2) is 8.78 Å². The van der Waals surface area contributed by atoms with E-state index in [2.05, 4.69) is 0 Å². The van der Waals surface area contributed by atoms with Crippen LogP contribution in [0.25, 0.3) is 0 Å². The first-order valence-corrected chi connectivity index (χ1v) is 4.15. The monoisotopic (exact) mass is 226 g/mol. The van der Waals surface area contributed by atoms with Crippen molar-refractivity contribution in [3.8, 4) is 0 Å². The first kappa shape index (κ1) is 11.8. The van der Waals surface area contributed by atoms with Crippen LogP contribution in [0.1, 0.15) is 0 Å². The van der Waals surface area contributed by atoms with E-state index in [-0.39, 0.29) is 0 Å². The number of anilines is 1. The van der Waals surface area contributed by atoms with Crippen LogP contribution in [-0.2, 0) is 9.59 Å². The molecule has 0 aliphatic heterocycles. The largest absolute Gasteiger partial charge is 0.545 e. The zero-order valence-electron chi connectivity index (χ0n) is 7.87. The molecule has 1 N–H and O–H groups in total. The molecule has 16 heavy (non-hydrogen) atoms. The highest BCUT2D eigenvalue weighted by Crippen LogP contribution is 2.17. The third-order valence-electron chi connectivity index (χ3n) is 1.58. The normalized spacial score (nSPS) is 10.4. The van der Waals surface area contributed by atoms with E-state index in [4.69, 9.17) is 0 Å². The average molecular weight is 226 g/mol. The molecule has 0 bridgehead atoms. The van der Waals surface area contributed by atoms with Gasteiger partial charge in [-0.2, -0.15) is 0 Å². The number of para-hydroxylation sites is 1. The molecule has 0 heterocycles. The Morgan fingerprint density at radius 1 is 1.19 bits per heavy atom. The van der Waals surface area contributed by atoms with Crippen molar-refractivity contribution in [3.63, 3.8) is 0 Å². The van der Waals surface area contributed by atoms with Crippen molar-refractivity contribution in [2.75, 3.05) is 5.32 Å². The molecule has 0 unspecified atom stereocenters. The number of nitrogens with one attached hydrogen (secondary N) is 1. The molecule has 84 valence electrons. The van der Waals surface area contributed by atoms with Crippen molar-refractivity contribution in [1.29, 1.82) is 0 Å². The van der Waals surface area contributed by atoms with Crippen LogP contribution in [0.4, 0.5) is 14.5 Å². The number of carbonyl (C=O) groups excluding carboxylic acids is 2.